The molecule has 1 fully saturated rings. The molecule has 4 heteroatoms. The lowest BCUT2D eigenvalue weighted by molar-refractivity contribution is -0.128. The Morgan fingerprint density at radius 1 is 1.35 bits per heavy atom. The van der Waals surface area contributed by atoms with Gasteiger partial charge in [-0.05, 0) is 36.5 Å². The number of halogens is 2. The van der Waals surface area contributed by atoms with Crippen LogP contribution in [0.2, 0.25) is 5.02 Å². The third-order valence-corrected chi connectivity index (χ3v) is 3.90. The van der Waals surface area contributed by atoms with Crippen molar-refractivity contribution in [3.8, 4) is 0 Å². The van der Waals surface area contributed by atoms with Crippen LogP contribution in [-0.4, -0.2) is 23.9 Å². The SMILES string of the molecule is CC1CC(C)CN(C(=O)/C=C/c2c(F)cccc2Cl)C1. The van der Waals surface area contributed by atoms with E-state index in [1.54, 1.807) is 12.1 Å². The van der Waals surface area contributed by atoms with Crippen molar-refractivity contribution in [3.05, 3.63) is 40.7 Å². The molecule has 0 bridgehead atoms. The molecule has 2 rings (SSSR count). The van der Waals surface area contributed by atoms with Gasteiger partial charge in [0, 0.05) is 24.7 Å². The van der Waals surface area contributed by atoms with Gasteiger partial charge in [0.1, 0.15) is 5.82 Å². The molecule has 1 saturated heterocycles. The fraction of sp³-hybridized carbons (Fsp3) is 0.438. The summed E-state index contributed by atoms with van der Waals surface area (Å²) in [6.07, 6.45) is 4.02. The van der Waals surface area contributed by atoms with E-state index >= 15 is 0 Å². The maximum absolute atomic E-state index is 13.6. The summed E-state index contributed by atoms with van der Waals surface area (Å²) in [4.78, 5) is 14.0. The van der Waals surface area contributed by atoms with Gasteiger partial charge in [-0.2, -0.15) is 0 Å². The molecule has 0 N–H and O–H groups in total. The summed E-state index contributed by atoms with van der Waals surface area (Å²) in [5.74, 6) is 0.519. The van der Waals surface area contributed by atoms with E-state index in [-0.39, 0.29) is 11.5 Å². The van der Waals surface area contributed by atoms with E-state index in [1.807, 2.05) is 4.90 Å². The highest BCUT2D eigenvalue weighted by Crippen LogP contribution is 2.23. The Hall–Kier alpha value is -1.35. The molecule has 2 unspecified atom stereocenters. The van der Waals surface area contributed by atoms with Gasteiger partial charge >= 0.3 is 0 Å². The molecule has 1 amide bonds. The molecule has 1 aromatic rings. The molecule has 0 spiro atoms. The second kappa shape index (κ2) is 6.40. The molecule has 0 aromatic heterocycles. The van der Waals surface area contributed by atoms with E-state index in [0.29, 0.717) is 16.9 Å². The Kier molecular flexibility index (Phi) is 4.81. The van der Waals surface area contributed by atoms with E-state index in [1.165, 1.54) is 18.2 Å². The second-order valence-corrected chi connectivity index (χ2v) is 6.07. The highest BCUT2D eigenvalue weighted by molar-refractivity contribution is 6.32. The predicted molar refractivity (Wildman–Crippen MR) is 80.0 cm³/mol. The molecule has 2 nitrogen and oxygen atoms in total. The first-order valence-electron chi connectivity index (χ1n) is 6.88. The summed E-state index contributed by atoms with van der Waals surface area (Å²) in [5, 5.41) is 0.314. The zero-order valence-corrected chi connectivity index (χ0v) is 12.5. The van der Waals surface area contributed by atoms with Crippen LogP contribution in [0.25, 0.3) is 6.08 Å². The Bertz CT molecular complexity index is 499. The molecule has 2 atom stereocenters. The van der Waals surface area contributed by atoms with Gasteiger partial charge in [-0.15, -0.1) is 0 Å². The van der Waals surface area contributed by atoms with Crippen LogP contribution < -0.4 is 0 Å². The third-order valence-electron chi connectivity index (χ3n) is 3.57. The molecule has 1 heterocycles. The maximum atomic E-state index is 13.6. The first-order chi connectivity index (χ1) is 9.47. The van der Waals surface area contributed by atoms with Gasteiger partial charge in [0.05, 0.1) is 5.02 Å². The fourth-order valence-electron chi connectivity index (χ4n) is 2.77. The first kappa shape index (κ1) is 15.0. The largest absolute Gasteiger partial charge is 0.339 e. The minimum Gasteiger partial charge on any atom is -0.339 e. The zero-order chi connectivity index (χ0) is 14.7. The quantitative estimate of drug-likeness (QED) is 0.755. The molecular weight excluding hydrogens is 277 g/mol. The van der Waals surface area contributed by atoms with Gasteiger partial charge in [-0.25, -0.2) is 4.39 Å². The summed E-state index contributed by atoms with van der Waals surface area (Å²) in [6, 6.07) is 4.49. The number of hydrogen-bond donors (Lipinski definition) is 0. The van der Waals surface area contributed by atoms with Gasteiger partial charge in [-0.1, -0.05) is 31.5 Å². The van der Waals surface area contributed by atoms with Crippen LogP contribution in [0.5, 0.6) is 0 Å². The second-order valence-electron chi connectivity index (χ2n) is 5.66. The van der Waals surface area contributed by atoms with Gasteiger partial charge in [0.2, 0.25) is 5.91 Å². The van der Waals surface area contributed by atoms with Crippen molar-refractivity contribution < 1.29 is 9.18 Å². The summed E-state index contributed by atoms with van der Waals surface area (Å²) in [5.41, 5.74) is 0.264. The maximum Gasteiger partial charge on any atom is 0.246 e. The van der Waals surface area contributed by atoms with Crippen molar-refractivity contribution in [1.29, 1.82) is 0 Å². The number of carbonyl (C=O) groups excluding carboxylic acids is 1. The molecule has 0 radical (unpaired) electrons. The molecule has 1 aromatic carbocycles. The van der Waals surface area contributed by atoms with Crippen LogP contribution in [0.1, 0.15) is 25.8 Å². The van der Waals surface area contributed by atoms with Crippen LogP contribution in [0.4, 0.5) is 4.39 Å². The van der Waals surface area contributed by atoms with Crippen molar-refractivity contribution in [2.75, 3.05) is 13.1 Å². The number of hydrogen-bond acceptors (Lipinski definition) is 1. The number of nitrogens with zero attached hydrogens (tertiary/aromatic N) is 1. The number of carbonyl (C=O) groups is 1. The molecule has 1 aliphatic rings. The number of likely N-dealkylation sites (tertiary alicyclic amines) is 1. The summed E-state index contributed by atoms with van der Waals surface area (Å²) in [6.45, 7) is 5.82. The molecule has 108 valence electrons. The van der Waals surface area contributed by atoms with Crippen LogP contribution >= 0.6 is 11.6 Å². The van der Waals surface area contributed by atoms with E-state index < -0.39 is 5.82 Å². The van der Waals surface area contributed by atoms with Crippen LogP contribution in [0.15, 0.2) is 24.3 Å². The van der Waals surface area contributed by atoms with Crippen molar-refractivity contribution in [1.82, 2.24) is 4.90 Å². The van der Waals surface area contributed by atoms with Crippen molar-refractivity contribution in [3.63, 3.8) is 0 Å². The van der Waals surface area contributed by atoms with Crippen LogP contribution in [-0.2, 0) is 4.79 Å². The third kappa shape index (κ3) is 3.60. The van der Waals surface area contributed by atoms with Gasteiger partial charge in [0.15, 0.2) is 0 Å². The molecule has 1 aliphatic heterocycles. The van der Waals surface area contributed by atoms with Gasteiger partial charge < -0.3 is 4.90 Å². The van der Waals surface area contributed by atoms with E-state index in [0.717, 1.165) is 19.5 Å². The lowest BCUT2D eigenvalue weighted by atomic mass is 9.92. The van der Waals surface area contributed by atoms with Crippen molar-refractivity contribution in [2.24, 2.45) is 11.8 Å². The molecule has 0 aliphatic carbocycles. The summed E-state index contributed by atoms with van der Waals surface area (Å²) < 4.78 is 13.6. The minimum atomic E-state index is -0.415. The minimum absolute atomic E-state index is 0.0808. The van der Waals surface area contributed by atoms with E-state index in [9.17, 15) is 9.18 Å². The highest BCUT2D eigenvalue weighted by atomic mass is 35.5. The lowest BCUT2D eigenvalue weighted by Crippen LogP contribution is -2.41. The van der Waals surface area contributed by atoms with Gasteiger partial charge in [-0.3, -0.25) is 4.79 Å². The Morgan fingerprint density at radius 2 is 2.00 bits per heavy atom. The number of benzene rings is 1. The van der Waals surface area contributed by atoms with Crippen molar-refractivity contribution in [2.45, 2.75) is 20.3 Å². The average molecular weight is 296 g/mol. The zero-order valence-electron chi connectivity index (χ0n) is 11.8. The Balaban J connectivity index is 2.09. The standard InChI is InChI=1S/C16H19ClFNO/c1-11-8-12(2)10-19(9-11)16(20)7-6-13-14(17)4-3-5-15(13)18/h3-7,11-12H,8-10H2,1-2H3/b7-6+. The van der Waals surface area contributed by atoms with Crippen LogP contribution in [0, 0.1) is 17.7 Å². The van der Waals surface area contributed by atoms with Crippen molar-refractivity contribution >= 4 is 23.6 Å². The topological polar surface area (TPSA) is 20.3 Å². The summed E-state index contributed by atoms with van der Waals surface area (Å²) in [7, 11) is 0. The number of rotatable bonds is 2. The lowest BCUT2D eigenvalue weighted by Gasteiger charge is -2.34. The monoisotopic (exact) mass is 295 g/mol. The average Bonchev–Trinajstić information content (AvgIpc) is 2.36. The highest BCUT2D eigenvalue weighted by Gasteiger charge is 2.24. The number of amides is 1. The smallest absolute Gasteiger partial charge is 0.246 e. The summed E-state index contributed by atoms with van der Waals surface area (Å²) >= 11 is 5.93. The Morgan fingerprint density at radius 3 is 2.60 bits per heavy atom. The van der Waals surface area contributed by atoms with E-state index in [4.69, 9.17) is 11.6 Å². The van der Waals surface area contributed by atoms with Crippen LogP contribution in [0.3, 0.4) is 0 Å². The predicted octanol–water partition coefficient (Wildman–Crippen LogP) is 4.00. The Labute approximate surface area is 124 Å². The molecule has 20 heavy (non-hydrogen) atoms. The first-order valence-corrected chi connectivity index (χ1v) is 7.26. The number of piperidine rings is 1. The van der Waals surface area contributed by atoms with E-state index in [2.05, 4.69) is 13.8 Å². The van der Waals surface area contributed by atoms with Gasteiger partial charge in [0.25, 0.3) is 0 Å². The molecule has 0 saturated carbocycles. The fourth-order valence-corrected chi connectivity index (χ4v) is 3.00. The molecular formula is C16H19ClFNO. The normalized spacial score (nSPS) is 23.3.